The van der Waals surface area contributed by atoms with Gasteiger partial charge in [0.25, 0.3) is 11.8 Å². The number of piperidine rings is 1. The molecular formula is C28H32N4O5S. The van der Waals surface area contributed by atoms with Crippen molar-refractivity contribution in [1.82, 2.24) is 9.80 Å². The van der Waals surface area contributed by atoms with Crippen LogP contribution in [-0.2, 0) is 25.7 Å². The van der Waals surface area contributed by atoms with Crippen LogP contribution in [0, 0.1) is 6.92 Å². The van der Waals surface area contributed by atoms with Crippen LogP contribution in [0.3, 0.4) is 0 Å². The summed E-state index contributed by atoms with van der Waals surface area (Å²) in [6.07, 6.45) is 3.38. The van der Waals surface area contributed by atoms with Crippen LogP contribution < -0.4 is 5.32 Å². The smallest absolute Gasteiger partial charge is 0.338 e. The second kappa shape index (κ2) is 12.7. The molecule has 0 saturated carbocycles. The normalized spacial score (nSPS) is 17.1. The number of anilines is 1. The van der Waals surface area contributed by atoms with Crippen LogP contribution in [0.15, 0.2) is 53.5 Å². The number of nitrogens with one attached hydrogen (secondary N) is 1. The van der Waals surface area contributed by atoms with E-state index in [0.717, 1.165) is 42.2 Å². The molecule has 0 bridgehead atoms. The summed E-state index contributed by atoms with van der Waals surface area (Å²) in [5.74, 6) is -1.51. The molecule has 1 N–H and O–H groups in total. The molecule has 9 nitrogen and oxygen atoms in total. The highest BCUT2D eigenvalue weighted by Crippen LogP contribution is 2.29. The van der Waals surface area contributed by atoms with Gasteiger partial charge in [0.2, 0.25) is 5.91 Å². The Hall–Kier alpha value is -3.66. The third kappa shape index (κ3) is 7.22. The molecule has 2 heterocycles. The molecule has 38 heavy (non-hydrogen) atoms. The number of likely N-dealkylation sites (N-methyl/N-ethyl adjacent to an activating group) is 1. The molecule has 1 fully saturated rings. The maximum Gasteiger partial charge on any atom is 0.338 e. The van der Waals surface area contributed by atoms with E-state index in [1.807, 2.05) is 31.2 Å². The zero-order chi connectivity index (χ0) is 27.1. The fourth-order valence-electron chi connectivity index (χ4n) is 4.25. The van der Waals surface area contributed by atoms with Crippen LogP contribution in [0.2, 0.25) is 0 Å². The van der Waals surface area contributed by atoms with E-state index >= 15 is 0 Å². The minimum atomic E-state index is -0.629. The lowest BCUT2D eigenvalue weighted by Gasteiger charge is -2.27. The number of ether oxygens (including phenoxy) is 1. The number of likely N-dealkylation sites (tertiary alicyclic amines) is 1. The van der Waals surface area contributed by atoms with Crippen molar-refractivity contribution >= 4 is 46.3 Å². The third-order valence-corrected chi connectivity index (χ3v) is 7.77. The Kier molecular flexibility index (Phi) is 9.17. The summed E-state index contributed by atoms with van der Waals surface area (Å²) in [4.78, 5) is 57.4. The maximum atomic E-state index is 12.5. The summed E-state index contributed by atoms with van der Waals surface area (Å²) in [6.45, 7) is 3.83. The molecule has 2 aromatic carbocycles. The van der Waals surface area contributed by atoms with Crippen molar-refractivity contribution in [3.05, 3.63) is 65.2 Å². The van der Waals surface area contributed by atoms with Crippen molar-refractivity contribution in [3.63, 3.8) is 0 Å². The summed E-state index contributed by atoms with van der Waals surface area (Å²) < 4.78 is 5.19. The van der Waals surface area contributed by atoms with Crippen LogP contribution in [0.5, 0.6) is 0 Å². The van der Waals surface area contributed by atoms with Gasteiger partial charge in [0.15, 0.2) is 11.8 Å². The van der Waals surface area contributed by atoms with Crippen molar-refractivity contribution in [2.75, 3.05) is 32.1 Å². The van der Waals surface area contributed by atoms with Gasteiger partial charge in [-0.2, -0.15) is 4.99 Å². The molecule has 0 radical (unpaired) electrons. The number of carbonyl (C=O) groups is 4. The SMILES string of the molecule is Cc1ccccc1CN(C)C(=O)COC(=O)c1ccc(NC(=O)CC2SC(N3CCCCC3)=NC2=O)cc1. The van der Waals surface area contributed by atoms with E-state index in [4.69, 9.17) is 4.74 Å². The van der Waals surface area contributed by atoms with Gasteiger partial charge in [-0.15, -0.1) is 0 Å². The van der Waals surface area contributed by atoms with E-state index in [1.54, 1.807) is 19.2 Å². The van der Waals surface area contributed by atoms with Gasteiger partial charge in [-0.25, -0.2) is 4.79 Å². The molecule has 10 heteroatoms. The molecular weight excluding hydrogens is 504 g/mol. The van der Waals surface area contributed by atoms with Crippen LogP contribution >= 0.6 is 11.8 Å². The fraction of sp³-hybridized carbons (Fsp3) is 0.393. The number of hydrogen-bond donors (Lipinski definition) is 1. The molecule has 0 aromatic heterocycles. The fourth-order valence-corrected chi connectivity index (χ4v) is 5.37. The molecule has 2 aromatic rings. The summed E-state index contributed by atoms with van der Waals surface area (Å²) in [5, 5.41) is 2.95. The Morgan fingerprint density at radius 1 is 1.08 bits per heavy atom. The van der Waals surface area contributed by atoms with Crippen LogP contribution in [0.1, 0.15) is 47.2 Å². The second-order valence-electron chi connectivity index (χ2n) is 9.47. The Labute approximate surface area is 226 Å². The van der Waals surface area contributed by atoms with E-state index < -0.39 is 11.2 Å². The topological polar surface area (TPSA) is 108 Å². The van der Waals surface area contributed by atoms with E-state index in [9.17, 15) is 19.2 Å². The number of aliphatic imine (C=N–C) groups is 1. The van der Waals surface area contributed by atoms with Crippen molar-refractivity contribution < 1.29 is 23.9 Å². The van der Waals surface area contributed by atoms with Gasteiger partial charge in [-0.05, 0) is 61.6 Å². The number of thioether (sulfide) groups is 1. The zero-order valence-corrected chi connectivity index (χ0v) is 22.5. The number of hydrogen-bond acceptors (Lipinski definition) is 7. The first kappa shape index (κ1) is 27.4. The largest absolute Gasteiger partial charge is 0.452 e. The molecule has 3 amide bonds. The van der Waals surface area contributed by atoms with Crippen LogP contribution in [0.25, 0.3) is 0 Å². The number of aryl methyl sites for hydroxylation is 1. The first-order valence-electron chi connectivity index (χ1n) is 12.7. The first-order valence-corrected chi connectivity index (χ1v) is 13.6. The van der Waals surface area contributed by atoms with Gasteiger partial charge in [0, 0.05) is 38.8 Å². The molecule has 4 rings (SSSR count). The van der Waals surface area contributed by atoms with Gasteiger partial charge >= 0.3 is 5.97 Å². The number of carbonyl (C=O) groups excluding carboxylic acids is 4. The third-order valence-electron chi connectivity index (χ3n) is 6.55. The average Bonchev–Trinajstić information content (AvgIpc) is 3.28. The summed E-state index contributed by atoms with van der Waals surface area (Å²) >= 11 is 1.35. The predicted molar refractivity (Wildman–Crippen MR) is 147 cm³/mol. The van der Waals surface area contributed by atoms with Crippen LogP contribution in [0.4, 0.5) is 5.69 Å². The Morgan fingerprint density at radius 3 is 2.50 bits per heavy atom. The number of rotatable bonds is 8. The molecule has 200 valence electrons. The molecule has 1 unspecified atom stereocenters. The monoisotopic (exact) mass is 536 g/mol. The maximum absolute atomic E-state index is 12.5. The standard InChI is InChI=1S/C28H32N4O5S/c1-19-8-4-5-9-21(19)17-31(2)25(34)18-37-27(36)20-10-12-22(13-11-20)29-24(33)16-23-26(35)30-28(38-23)32-14-6-3-7-15-32/h4-5,8-13,23H,3,6-7,14-18H2,1-2H3,(H,29,33). The summed E-state index contributed by atoms with van der Waals surface area (Å²) in [5.41, 5.74) is 2.87. The lowest BCUT2D eigenvalue weighted by molar-refractivity contribution is -0.133. The second-order valence-corrected chi connectivity index (χ2v) is 10.6. The van der Waals surface area contributed by atoms with Gasteiger partial charge in [-0.3, -0.25) is 14.4 Å². The molecule has 0 spiro atoms. The number of amidine groups is 1. The first-order chi connectivity index (χ1) is 18.3. The van der Waals surface area contributed by atoms with Crippen molar-refractivity contribution in [3.8, 4) is 0 Å². The quantitative estimate of drug-likeness (QED) is 0.514. The molecule has 2 aliphatic heterocycles. The Bertz CT molecular complexity index is 1220. The highest BCUT2D eigenvalue weighted by molar-refractivity contribution is 8.15. The van der Waals surface area contributed by atoms with Crippen molar-refractivity contribution in [1.29, 1.82) is 0 Å². The highest BCUT2D eigenvalue weighted by atomic mass is 32.2. The zero-order valence-electron chi connectivity index (χ0n) is 21.6. The Balaban J connectivity index is 1.21. The van der Waals surface area contributed by atoms with Gasteiger partial charge in [0.1, 0.15) is 5.25 Å². The Morgan fingerprint density at radius 2 is 1.79 bits per heavy atom. The minimum Gasteiger partial charge on any atom is -0.452 e. The summed E-state index contributed by atoms with van der Waals surface area (Å²) in [7, 11) is 1.67. The van der Waals surface area contributed by atoms with Gasteiger partial charge in [-0.1, -0.05) is 36.0 Å². The molecule has 0 aliphatic carbocycles. The van der Waals surface area contributed by atoms with Gasteiger partial charge in [0.05, 0.1) is 5.56 Å². The minimum absolute atomic E-state index is 0.0201. The predicted octanol–water partition coefficient (Wildman–Crippen LogP) is 3.62. The molecule has 2 aliphatic rings. The molecule has 1 saturated heterocycles. The van der Waals surface area contributed by atoms with E-state index in [-0.39, 0.29) is 36.3 Å². The molecule has 1 atom stereocenters. The number of amides is 3. The number of esters is 1. The lowest BCUT2D eigenvalue weighted by atomic mass is 10.1. The van der Waals surface area contributed by atoms with E-state index in [1.165, 1.54) is 35.2 Å². The summed E-state index contributed by atoms with van der Waals surface area (Å²) in [6, 6.07) is 14.0. The van der Waals surface area contributed by atoms with E-state index in [0.29, 0.717) is 12.2 Å². The average molecular weight is 537 g/mol. The van der Waals surface area contributed by atoms with Crippen molar-refractivity contribution in [2.45, 2.75) is 44.4 Å². The number of nitrogens with zero attached hydrogens (tertiary/aromatic N) is 3. The van der Waals surface area contributed by atoms with Crippen LogP contribution in [-0.4, -0.2) is 70.7 Å². The lowest BCUT2D eigenvalue weighted by Crippen LogP contribution is -2.33. The van der Waals surface area contributed by atoms with Crippen molar-refractivity contribution in [2.24, 2.45) is 4.99 Å². The highest BCUT2D eigenvalue weighted by Gasteiger charge is 2.33. The number of benzene rings is 2. The van der Waals surface area contributed by atoms with E-state index in [2.05, 4.69) is 15.2 Å². The van der Waals surface area contributed by atoms with Gasteiger partial charge < -0.3 is 19.9 Å².